The smallest absolute Gasteiger partial charge is 0.261 e. The summed E-state index contributed by atoms with van der Waals surface area (Å²) < 4.78 is 26.9. The van der Waals surface area contributed by atoms with E-state index in [4.69, 9.17) is 41.2 Å². The lowest BCUT2D eigenvalue weighted by Crippen LogP contribution is -2.13. The van der Waals surface area contributed by atoms with Gasteiger partial charge in [0, 0.05) is 21.3 Å². The summed E-state index contributed by atoms with van der Waals surface area (Å²) in [5.41, 5.74) is 6.51. The van der Waals surface area contributed by atoms with Gasteiger partial charge in [0.2, 0.25) is 0 Å². The molecule has 0 spiro atoms. The number of rotatable bonds is 4. The van der Waals surface area contributed by atoms with Crippen LogP contribution in [0, 0.1) is 0 Å². The minimum atomic E-state index is -3.77. The van der Waals surface area contributed by atoms with Crippen LogP contribution in [0.4, 0.5) is 5.69 Å². The Bertz CT molecular complexity index is 770. The van der Waals surface area contributed by atoms with E-state index in [1.165, 1.54) is 18.2 Å². The van der Waals surface area contributed by atoms with E-state index in [1.54, 1.807) is 24.3 Å². The number of halogens is 2. The third-order valence-corrected chi connectivity index (χ3v) is 4.60. The highest BCUT2D eigenvalue weighted by molar-refractivity contribution is 7.92. The van der Waals surface area contributed by atoms with E-state index in [9.17, 15) is 8.42 Å². The number of nitrogens with one attached hydrogen (secondary N) is 1. The highest BCUT2D eigenvalue weighted by atomic mass is 35.5. The van der Waals surface area contributed by atoms with Gasteiger partial charge in [0.05, 0.1) is 4.90 Å². The van der Waals surface area contributed by atoms with Crippen molar-refractivity contribution in [3.8, 4) is 0 Å². The van der Waals surface area contributed by atoms with Gasteiger partial charge in [-0.05, 0) is 42.5 Å². The van der Waals surface area contributed by atoms with Crippen LogP contribution in [-0.2, 0) is 10.0 Å². The van der Waals surface area contributed by atoms with Gasteiger partial charge in [-0.1, -0.05) is 35.4 Å². The summed E-state index contributed by atoms with van der Waals surface area (Å²) in [7, 11) is -3.77. The molecule has 0 saturated heterocycles. The molecule has 0 radical (unpaired) electrons. The Hall–Kier alpha value is -1.34. The summed E-state index contributed by atoms with van der Waals surface area (Å²) in [5.74, 6) is 0. The summed E-state index contributed by atoms with van der Waals surface area (Å²) >= 11 is 16.4. The molecule has 0 heterocycles. The van der Waals surface area contributed by atoms with Gasteiger partial charge in [-0.25, -0.2) is 8.42 Å². The average Bonchev–Trinajstić information content (AvgIpc) is 2.37. The SMILES string of the molecule is NC(=S)c1ccc(NS(=O)(=O)c2cc(Cl)cc(Cl)c2)cc1. The molecule has 4 nitrogen and oxygen atoms in total. The maximum Gasteiger partial charge on any atom is 0.261 e. The molecule has 0 aliphatic rings. The van der Waals surface area contributed by atoms with Crippen molar-refractivity contribution in [1.29, 1.82) is 0 Å². The van der Waals surface area contributed by atoms with Crippen molar-refractivity contribution >= 4 is 56.1 Å². The number of hydrogen-bond acceptors (Lipinski definition) is 3. The Kier molecular flexibility index (Phi) is 4.73. The van der Waals surface area contributed by atoms with Crippen molar-refractivity contribution in [3.05, 3.63) is 58.1 Å². The van der Waals surface area contributed by atoms with Gasteiger partial charge >= 0.3 is 0 Å². The Labute approximate surface area is 137 Å². The maximum absolute atomic E-state index is 12.2. The minimum Gasteiger partial charge on any atom is -0.389 e. The molecule has 21 heavy (non-hydrogen) atoms. The van der Waals surface area contributed by atoms with E-state index in [2.05, 4.69) is 4.72 Å². The van der Waals surface area contributed by atoms with Gasteiger partial charge in [-0.3, -0.25) is 4.72 Å². The molecule has 0 bridgehead atoms. The van der Waals surface area contributed by atoms with E-state index in [0.29, 0.717) is 11.3 Å². The van der Waals surface area contributed by atoms with Gasteiger partial charge in [0.1, 0.15) is 4.99 Å². The molecule has 2 aromatic carbocycles. The molecular weight excluding hydrogens is 351 g/mol. The molecule has 0 saturated carbocycles. The zero-order chi connectivity index (χ0) is 15.6. The van der Waals surface area contributed by atoms with Crippen molar-refractivity contribution in [3.63, 3.8) is 0 Å². The van der Waals surface area contributed by atoms with Crippen LogP contribution in [-0.4, -0.2) is 13.4 Å². The molecule has 110 valence electrons. The first-order chi connectivity index (χ1) is 9.78. The van der Waals surface area contributed by atoms with Crippen LogP contribution in [0.3, 0.4) is 0 Å². The number of thiocarbonyl (C=S) groups is 1. The van der Waals surface area contributed by atoms with Gasteiger partial charge in [0.25, 0.3) is 10.0 Å². The van der Waals surface area contributed by atoms with Crippen LogP contribution >= 0.6 is 35.4 Å². The largest absolute Gasteiger partial charge is 0.389 e. The van der Waals surface area contributed by atoms with Crippen molar-refractivity contribution in [2.24, 2.45) is 5.73 Å². The summed E-state index contributed by atoms with van der Waals surface area (Å²) in [6, 6.07) is 10.5. The van der Waals surface area contributed by atoms with Gasteiger partial charge in [-0.2, -0.15) is 0 Å². The van der Waals surface area contributed by atoms with E-state index in [1.807, 2.05) is 0 Å². The van der Waals surface area contributed by atoms with E-state index in [-0.39, 0.29) is 19.9 Å². The lowest BCUT2D eigenvalue weighted by Gasteiger charge is -2.09. The number of benzene rings is 2. The molecule has 0 aliphatic carbocycles. The second kappa shape index (κ2) is 6.19. The molecular formula is C13H10Cl2N2O2S2. The quantitative estimate of drug-likeness (QED) is 0.819. The number of sulfonamides is 1. The lowest BCUT2D eigenvalue weighted by molar-refractivity contribution is 0.601. The van der Waals surface area contributed by atoms with Crippen LogP contribution in [0.5, 0.6) is 0 Å². The van der Waals surface area contributed by atoms with Crippen LogP contribution < -0.4 is 10.5 Å². The molecule has 0 aliphatic heterocycles. The second-order valence-electron chi connectivity index (χ2n) is 4.15. The fourth-order valence-corrected chi connectivity index (χ4v) is 3.52. The summed E-state index contributed by atoms with van der Waals surface area (Å²) in [4.78, 5) is 0.226. The first-order valence-corrected chi connectivity index (χ1v) is 8.31. The standard InChI is InChI=1S/C13H10Cl2N2O2S2/c14-9-5-10(15)7-12(6-9)21(18,19)17-11-3-1-8(2-4-11)13(16)20/h1-7,17H,(H2,16,20). The predicted octanol–water partition coefficient (Wildman–Crippen LogP) is 3.43. The summed E-state index contributed by atoms with van der Waals surface area (Å²) in [6.07, 6.45) is 0. The maximum atomic E-state index is 12.2. The summed E-state index contributed by atoms with van der Waals surface area (Å²) in [5, 5.41) is 0.485. The topological polar surface area (TPSA) is 72.2 Å². The second-order valence-corrected chi connectivity index (χ2v) is 7.15. The Balaban J connectivity index is 2.30. The summed E-state index contributed by atoms with van der Waals surface area (Å²) in [6.45, 7) is 0. The zero-order valence-corrected chi connectivity index (χ0v) is 13.7. The van der Waals surface area contributed by atoms with Crippen molar-refractivity contribution in [1.82, 2.24) is 0 Å². The average molecular weight is 361 g/mol. The van der Waals surface area contributed by atoms with Gasteiger partial charge in [-0.15, -0.1) is 0 Å². The molecule has 0 unspecified atom stereocenters. The molecule has 3 N–H and O–H groups in total. The number of anilines is 1. The van der Waals surface area contributed by atoms with Crippen LogP contribution in [0.1, 0.15) is 5.56 Å². The Morgan fingerprint density at radius 3 is 2.05 bits per heavy atom. The van der Waals surface area contributed by atoms with E-state index < -0.39 is 10.0 Å². The number of hydrogen-bond donors (Lipinski definition) is 2. The normalized spacial score (nSPS) is 11.1. The van der Waals surface area contributed by atoms with Gasteiger partial charge in [0.15, 0.2) is 0 Å². The molecule has 2 rings (SSSR count). The Morgan fingerprint density at radius 2 is 1.57 bits per heavy atom. The fraction of sp³-hybridized carbons (Fsp3) is 0. The first kappa shape index (κ1) is 16.0. The first-order valence-electron chi connectivity index (χ1n) is 5.67. The third-order valence-electron chi connectivity index (χ3n) is 2.57. The highest BCUT2D eigenvalue weighted by Gasteiger charge is 2.15. The van der Waals surface area contributed by atoms with Crippen molar-refractivity contribution < 1.29 is 8.42 Å². The molecule has 0 fully saturated rings. The van der Waals surface area contributed by atoms with Gasteiger partial charge < -0.3 is 5.73 Å². The molecule has 8 heteroatoms. The highest BCUT2D eigenvalue weighted by Crippen LogP contribution is 2.24. The third kappa shape index (κ3) is 4.07. The monoisotopic (exact) mass is 360 g/mol. The molecule has 2 aromatic rings. The van der Waals surface area contributed by atoms with Crippen LogP contribution in [0.25, 0.3) is 0 Å². The number of nitrogens with two attached hydrogens (primary N) is 1. The molecule has 0 aromatic heterocycles. The minimum absolute atomic E-state index is 0.0153. The van der Waals surface area contributed by atoms with E-state index in [0.717, 1.165) is 0 Å². The van der Waals surface area contributed by atoms with Crippen LogP contribution in [0.2, 0.25) is 10.0 Å². The fourth-order valence-electron chi connectivity index (χ4n) is 1.60. The van der Waals surface area contributed by atoms with Crippen molar-refractivity contribution in [2.75, 3.05) is 4.72 Å². The predicted molar refractivity (Wildman–Crippen MR) is 89.6 cm³/mol. The molecule has 0 atom stereocenters. The lowest BCUT2D eigenvalue weighted by atomic mass is 10.2. The van der Waals surface area contributed by atoms with Crippen molar-refractivity contribution in [2.45, 2.75) is 4.90 Å². The van der Waals surface area contributed by atoms with Crippen LogP contribution in [0.15, 0.2) is 47.4 Å². The molecule has 0 amide bonds. The van der Waals surface area contributed by atoms with E-state index >= 15 is 0 Å². The zero-order valence-electron chi connectivity index (χ0n) is 10.5. The Morgan fingerprint density at radius 1 is 1.05 bits per heavy atom.